The van der Waals surface area contributed by atoms with E-state index in [1.807, 2.05) is 0 Å². The first-order valence-corrected chi connectivity index (χ1v) is 20.0. The van der Waals surface area contributed by atoms with Gasteiger partial charge in [-0.05, 0) is 73.7 Å². The van der Waals surface area contributed by atoms with E-state index in [0.29, 0.717) is 52.2 Å². The Morgan fingerprint density at radius 2 is 0.708 bits per heavy atom. The summed E-state index contributed by atoms with van der Waals surface area (Å²) in [6.07, 6.45) is 24.1. The molecule has 0 aromatic carbocycles. The van der Waals surface area contributed by atoms with E-state index in [4.69, 9.17) is 50.9 Å². The van der Waals surface area contributed by atoms with Gasteiger partial charge in [-0.2, -0.15) is 0 Å². The van der Waals surface area contributed by atoms with Gasteiger partial charge in [0.15, 0.2) is 15.2 Å². The third-order valence-corrected chi connectivity index (χ3v) is 11.5. The third kappa shape index (κ3) is 13.1. The Balaban J connectivity index is 1.34. The van der Waals surface area contributed by atoms with Gasteiger partial charge in [-0.3, -0.25) is 0 Å². The van der Waals surface area contributed by atoms with Crippen LogP contribution in [0, 0.1) is 17.8 Å². The molecule has 1 heterocycles. The molecule has 0 saturated heterocycles. The standard InChI is InChI=1S/C36H57N3O6S3/c40-34-37(22-25-43-31(46)19-16-28-10-4-1-5-11-28)35(41)39(24-27-45-33(48)21-18-30-14-8-3-9-15-30)36(42)38(34)23-26-44-32(47)20-17-29-12-6-2-7-13-29/h28-30H,1-27H2. The van der Waals surface area contributed by atoms with Crippen molar-refractivity contribution in [1.82, 2.24) is 13.7 Å². The van der Waals surface area contributed by atoms with Gasteiger partial charge in [-0.15, -0.1) is 0 Å². The second kappa shape index (κ2) is 21.3. The van der Waals surface area contributed by atoms with Gasteiger partial charge in [-0.25, -0.2) is 28.1 Å². The summed E-state index contributed by atoms with van der Waals surface area (Å²) in [7, 11) is 0. The minimum atomic E-state index is -0.696. The summed E-state index contributed by atoms with van der Waals surface area (Å²) in [5.74, 6) is 2.05. The Labute approximate surface area is 302 Å². The predicted octanol–water partition coefficient (Wildman–Crippen LogP) is 7.29. The fraction of sp³-hybridized carbons (Fsp3) is 0.833. The molecule has 9 nitrogen and oxygen atoms in total. The lowest BCUT2D eigenvalue weighted by molar-refractivity contribution is 0.244. The molecular formula is C36H57N3O6S3. The van der Waals surface area contributed by atoms with Crippen LogP contribution in [0.4, 0.5) is 0 Å². The van der Waals surface area contributed by atoms with Crippen molar-refractivity contribution < 1.29 is 14.2 Å². The van der Waals surface area contributed by atoms with E-state index in [1.165, 1.54) is 96.3 Å². The molecular weight excluding hydrogens is 667 g/mol. The van der Waals surface area contributed by atoms with E-state index in [0.717, 1.165) is 33.0 Å². The summed E-state index contributed by atoms with van der Waals surface area (Å²) in [5, 5.41) is 1.48. The first kappa shape index (κ1) is 38.9. The van der Waals surface area contributed by atoms with E-state index < -0.39 is 17.1 Å². The SMILES string of the molecule is O=c1n(CCOC(=S)CCC2CCCCC2)c(=O)n(CCOC(=S)CCC2CCCCC2)c(=O)n1CCOC(=S)CCC1CCCCC1. The fourth-order valence-electron chi connectivity index (χ4n) is 7.62. The summed E-state index contributed by atoms with van der Waals surface area (Å²) in [6, 6.07) is 0. The molecule has 4 rings (SSSR count). The maximum atomic E-state index is 13.5. The highest BCUT2D eigenvalue weighted by molar-refractivity contribution is 7.80. The van der Waals surface area contributed by atoms with Gasteiger partial charge in [0.2, 0.25) is 0 Å². The van der Waals surface area contributed by atoms with Crippen LogP contribution in [0.3, 0.4) is 0 Å². The molecule has 12 heteroatoms. The van der Waals surface area contributed by atoms with Gasteiger partial charge in [0, 0.05) is 19.3 Å². The van der Waals surface area contributed by atoms with Gasteiger partial charge in [0.05, 0.1) is 19.6 Å². The topological polar surface area (TPSA) is 93.7 Å². The molecule has 0 atom stereocenters. The van der Waals surface area contributed by atoms with Crippen molar-refractivity contribution in [2.45, 2.75) is 154 Å². The van der Waals surface area contributed by atoms with Gasteiger partial charge in [0.25, 0.3) is 0 Å². The van der Waals surface area contributed by atoms with Crippen molar-refractivity contribution in [3.8, 4) is 0 Å². The Morgan fingerprint density at radius 3 is 0.958 bits per heavy atom. The first-order valence-electron chi connectivity index (χ1n) is 18.7. The molecule has 0 bridgehead atoms. The van der Waals surface area contributed by atoms with Crippen LogP contribution in [0.1, 0.15) is 135 Å². The molecule has 3 saturated carbocycles. The van der Waals surface area contributed by atoms with Crippen molar-refractivity contribution in [3.63, 3.8) is 0 Å². The van der Waals surface area contributed by atoms with Crippen molar-refractivity contribution in [2.24, 2.45) is 17.8 Å². The molecule has 3 fully saturated rings. The van der Waals surface area contributed by atoms with E-state index in [1.54, 1.807) is 0 Å². The zero-order valence-corrected chi connectivity index (χ0v) is 31.3. The van der Waals surface area contributed by atoms with Crippen LogP contribution in [0.25, 0.3) is 0 Å². The lowest BCUT2D eigenvalue weighted by atomic mass is 9.86. The normalized spacial score (nSPS) is 18.0. The minimum Gasteiger partial charge on any atom is -0.485 e. The maximum Gasteiger partial charge on any atom is 0.336 e. The van der Waals surface area contributed by atoms with E-state index >= 15 is 0 Å². The molecule has 0 unspecified atom stereocenters. The zero-order valence-electron chi connectivity index (χ0n) is 28.8. The molecule has 48 heavy (non-hydrogen) atoms. The summed E-state index contributed by atoms with van der Waals surface area (Å²) >= 11 is 16.4. The largest absolute Gasteiger partial charge is 0.485 e. The number of rotatable bonds is 18. The average molecular weight is 724 g/mol. The summed E-state index contributed by atoms with van der Waals surface area (Å²) in [6.45, 7) is 0.134. The van der Waals surface area contributed by atoms with Crippen LogP contribution < -0.4 is 17.1 Å². The van der Waals surface area contributed by atoms with Gasteiger partial charge < -0.3 is 14.2 Å². The molecule has 0 aliphatic heterocycles. The highest BCUT2D eigenvalue weighted by Crippen LogP contribution is 2.29. The van der Waals surface area contributed by atoms with E-state index in [-0.39, 0.29) is 39.5 Å². The maximum absolute atomic E-state index is 13.5. The van der Waals surface area contributed by atoms with Crippen LogP contribution in [0.5, 0.6) is 0 Å². The second-order valence-electron chi connectivity index (χ2n) is 14.1. The smallest absolute Gasteiger partial charge is 0.336 e. The van der Waals surface area contributed by atoms with Crippen LogP contribution in [0.2, 0.25) is 0 Å². The van der Waals surface area contributed by atoms with Crippen LogP contribution >= 0.6 is 36.7 Å². The van der Waals surface area contributed by atoms with Crippen molar-refractivity contribution in [2.75, 3.05) is 19.8 Å². The molecule has 0 radical (unpaired) electrons. The number of thiocarbonyl (C=S) groups is 3. The molecule has 0 spiro atoms. The molecule has 0 N–H and O–H groups in total. The highest BCUT2D eigenvalue weighted by Gasteiger charge is 2.19. The third-order valence-electron chi connectivity index (χ3n) is 10.6. The number of ether oxygens (including phenoxy) is 3. The Morgan fingerprint density at radius 1 is 0.458 bits per heavy atom. The summed E-state index contributed by atoms with van der Waals surface area (Å²) < 4.78 is 20.5. The van der Waals surface area contributed by atoms with Crippen molar-refractivity contribution in [3.05, 3.63) is 31.5 Å². The predicted molar refractivity (Wildman–Crippen MR) is 202 cm³/mol. The fourth-order valence-corrected chi connectivity index (χ4v) is 8.22. The molecule has 1 aromatic rings. The Bertz CT molecular complexity index is 1160. The lowest BCUT2D eigenvalue weighted by Crippen LogP contribution is -2.55. The molecule has 3 aliphatic carbocycles. The van der Waals surface area contributed by atoms with Crippen LogP contribution in [-0.2, 0) is 33.8 Å². The minimum absolute atomic E-state index is 0.0250. The van der Waals surface area contributed by atoms with E-state index in [2.05, 4.69) is 0 Å². The number of hydrogen-bond donors (Lipinski definition) is 0. The highest BCUT2D eigenvalue weighted by atomic mass is 32.1. The number of hydrogen-bond acceptors (Lipinski definition) is 9. The lowest BCUT2D eigenvalue weighted by Gasteiger charge is -2.21. The number of aromatic nitrogens is 3. The van der Waals surface area contributed by atoms with Crippen LogP contribution in [0.15, 0.2) is 14.4 Å². The molecule has 3 aliphatic rings. The van der Waals surface area contributed by atoms with Crippen molar-refractivity contribution >= 4 is 51.8 Å². The van der Waals surface area contributed by atoms with Gasteiger partial charge in [0.1, 0.15) is 19.8 Å². The number of nitrogens with zero attached hydrogens (tertiary/aromatic N) is 3. The van der Waals surface area contributed by atoms with Gasteiger partial charge in [-0.1, -0.05) is 96.3 Å². The second-order valence-corrected chi connectivity index (χ2v) is 15.5. The summed E-state index contributed by atoms with van der Waals surface area (Å²) in [4.78, 5) is 40.4. The first-order chi connectivity index (χ1) is 23.3. The monoisotopic (exact) mass is 723 g/mol. The summed E-state index contributed by atoms with van der Waals surface area (Å²) in [5.41, 5.74) is -2.09. The van der Waals surface area contributed by atoms with Crippen LogP contribution in [-0.4, -0.2) is 48.7 Å². The Kier molecular flexibility index (Phi) is 17.3. The zero-order chi connectivity index (χ0) is 34.1. The molecule has 270 valence electrons. The Hall–Kier alpha value is -1.92. The van der Waals surface area contributed by atoms with Gasteiger partial charge >= 0.3 is 17.1 Å². The quantitative estimate of drug-likeness (QED) is 0.145. The van der Waals surface area contributed by atoms with E-state index in [9.17, 15) is 14.4 Å². The molecule has 0 amide bonds. The molecule has 1 aromatic heterocycles. The van der Waals surface area contributed by atoms with Crippen molar-refractivity contribution in [1.29, 1.82) is 0 Å². The average Bonchev–Trinajstić information content (AvgIpc) is 3.11.